The number of amides is 1. The summed E-state index contributed by atoms with van der Waals surface area (Å²) in [7, 11) is 0. The molecule has 1 amide bonds. The number of rotatable bonds is 5. The Balaban J connectivity index is 2.06. The number of piperidine rings is 1. The summed E-state index contributed by atoms with van der Waals surface area (Å²) in [5.74, 6) is -0.131. The summed E-state index contributed by atoms with van der Waals surface area (Å²) in [6, 6.07) is 8.15. The zero-order valence-electron chi connectivity index (χ0n) is 19.5. The fourth-order valence-corrected chi connectivity index (χ4v) is 5.12. The molecule has 0 spiro atoms. The Hall–Kier alpha value is -2.12. The van der Waals surface area contributed by atoms with Crippen molar-refractivity contribution >= 4 is 46.9 Å². The first-order valence-corrected chi connectivity index (χ1v) is 13.1. The lowest BCUT2D eigenvalue weighted by Gasteiger charge is -2.33. The molecule has 0 N–H and O–H groups in total. The molecular weight excluding hydrogens is 440 g/mol. The van der Waals surface area contributed by atoms with Crippen LogP contribution in [0.5, 0.6) is 0 Å². The van der Waals surface area contributed by atoms with Crippen molar-refractivity contribution in [3.05, 3.63) is 49.4 Å². The second kappa shape index (κ2) is 10.2. The van der Waals surface area contributed by atoms with Crippen LogP contribution in [-0.2, 0) is 16.1 Å². The average molecular weight is 473 g/mol. The molecule has 7 heteroatoms. The summed E-state index contributed by atoms with van der Waals surface area (Å²) in [6.07, 6.45) is 8.47. The van der Waals surface area contributed by atoms with Gasteiger partial charge in [0.15, 0.2) is 5.78 Å². The highest BCUT2D eigenvalue weighted by atomic mass is 32.2. The van der Waals surface area contributed by atoms with Gasteiger partial charge in [-0.05, 0) is 56.2 Å². The van der Waals surface area contributed by atoms with Crippen LogP contribution in [0.4, 0.5) is 0 Å². The fraction of sp³-hybridized carbons (Fsp3) is 0.480. The topological polar surface area (TPSA) is 59.4 Å². The van der Waals surface area contributed by atoms with E-state index in [0.717, 1.165) is 36.3 Å². The maximum Gasteiger partial charge on any atom is 0.269 e. The molecule has 3 rings (SSSR count). The molecule has 2 heterocycles. The molecule has 1 aliphatic heterocycles. The van der Waals surface area contributed by atoms with E-state index in [4.69, 9.17) is 0 Å². The van der Waals surface area contributed by atoms with E-state index < -0.39 is 5.41 Å². The summed E-state index contributed by atoms with van der Waals surface area (Å²) in [4.78, 5) is 42.1. The molecule has 1 aromatic carbocycles. The van der Waals surface area contributed by atoms with Crippen LogP contribution in [0.15, 0.2) is 34.0 Å². The Morgan fingerprint density at radius 3 is 2.47 bits per heavy atom. The van der Waals surface area contributed by atoms with E-state index in [9.17, 15) is 14.4 Å². The molecule has 1 fully saturated rings. The third kappa shape index (κ3) is 5.81. The molecule has 0 radical (unpaired) electrons. The van der Waals surface area contributed by atoms with Crippen molar-refractivity contribution in [3.63, 3.8) is 0 Å². The van der Waals surface area contributed by atoms with Gasteiger partial charge in [0, 0.05) is 29.0 Å². The minimum Gasteiger partial charge on any atom is -0.338 e. The molecule has 32 heavy (non-hydrogen) atoms. The number of hydrogen-bond donors (Lipinski definition) is 0. The van der Waals surface area contributed by atoms with Crippen LogP contribution in [0, 0.1) is 5.41 Å². The van der Waals surface area contributed by atoms with Crippen molar-refractivity contribution in [1.82, 2.24) is 9.47 Å². The number of Topliss-reactive ketones (excluding diaryl/α,β-unsaturated/α-hetero) is 1. The van der Waals surface area contributed by atoms with Crippen LogP contribution < -0.4 is 14.8 Å². The highest BCUT2D eigenvalue weighted by Crippen LogP contribution is 2.17. The summed E-state index contributed by atoms with van der Waals surface area (Å²) in [5, 5.41) is 0. The summed E-state index contributed by atoms with van der Waals surface area (Å²) in [5.41, 5.74) is 0.126. The van der Waals surface area contributed by atoms with Gasteiger partial charge in [-0.25, -0.2) is 0 Å². The molecule has 1 aromatic heterocycles. The van der Waals surface area contributed by atoms with Crippen molar-refractivity contribution in [1.29, 1.82) is 0 Å². The lowest BCUT2D eigenvalue weighted by Crippen LogP contribution is -2.46. The van der Waals surface area contributed by atoms with Gasteiger partial charge in [0.05, 0.1) is 4.53 Å². The van der Waals surface area contributed by atoms with Crippen LogP contribution in [0.3, 0.4) is 0 Å². The van der Waals surface area contributed by atoms with E-state index in [0.29, 0.717) is 9.20 Å². The van der Waals surface area contributed by atoms with Gasteiger partial charge in [0.1, 0.15) is 11.2 Å². The number of ketones is 1. The fourth-order valence-electron chi connectivity index (χ4n) is 3.67. The first-order valence-electron chi connectivity index (χ1n) is 11.0. The van der Waals surface area contributed by atoms with E-state index in [2.05, 4.69) is 6.92 Å². The summed E-state index contributed by atoms with van der Waals surface area (Å²) >= 11 is 2.93. The van der Waals surface area contributed by atoms with Gasteiger partial charge >= 0.3 is 0 Å². The van der Waals surface area contributed by atoms with Crippen LogP contribution in [-0.4, -0.2) is 40.0 Å². The quantitative estimate of drug-likeness (QED) is 0.627. The van der Waals surface area contributed by atoms with Crippen LogP contribution in [0.2, 0.25) is 0 Å². The molecule has 0 aliphatic carbocycles. The number of thioether (sulfide) groups is 1. The predicted molar refractivity (Wildman–Crippen MR) is 134 cm³/mol. The van der Waals surface area contributed by atoms with Gasteiger partial charge in [-0.3, -0.25) is 19.0 Å². The van der Waals surface area contributed by atoms with Crippen LogP contribution in [0.25, 0.3) is 12.2 Å². The number of hydrogen-bond acceptors (Lipinski definition) is 5. The van der Waals surface area contributed by atoms with E-state index in [1.54, 1.807) is 11.8 Å². The largest absolute Gasteiger partial charge is 0.338 e. The number of carbonyl (C=O) groups excluding carboxylic acids is 2. The van der Waals surface area contributed by atoms with Crippen molar-refractivity contribution in [2.75, 3.05) is 12.8 Å². The Labute approximate surface area is 197 Å². The van der Waals surface area contributed by atoms with Crippen LogP contribution >= 0.6 is 23.1 Å². The van der Waals surface area contributed by atoms with Gasteiger partial charge in [-0.15, -0.1) is 23.1 Å². The monoisotopic (exact) mass is 472 g/mol. The standard InChI is InChI=1S/C25H32N2O3S2/c1-17-8-6-7-13-26(17)22(29)16-27-23(15-21(28)25(2,3)4)32-20(24(27)30)14-18-9-11-19(31-5)12-10-18/h9-12,14-15,17H,6-8,13,16H2,1-5H3/b20-14+,23-15-. The number of nitrogens with zero attached hydrogens (tertiary/aromatic N) is 2. The highest BCUT2D eigenvalue weighted by Gasteiger charge is 2.25. The lowest BCUT2D eigenvalue weighted by molar-refractivity contribution is -0.135. The third-order valence-electron chi connectivity index (χ3n) is 5.76. The number of aromatic nitrogens is 1. The second-order valence-corrected chi connectivity index (χ2v) is 11.2. The van der Waals surface area contributed by atoms with E-state index in [-0.39, 0.29) is 29.8 Å². The molecule has 1 aliphatic rings. The van der Waals surface area contributed by atoms with Gasteiger partial charge in [-0.1, -0.05) is 32.9 Å². The number of carbonyl (C=O) groups is 2. The van der Waals surface area contributed by atoms with E-state index >= 15 is 0 Å². The van der Waals surface area contributed by atoms with E-state index in [1.807, 2.05) is 62.3 Å². The average Bonchev–Trinajstić information content (AvgIpc) is 3.02. The summed E-state index contributed by atoms with van der Waals surface area (Å²) < 4.78 is 2.52. The SMILES string of the molecule is CSc1ccc(/C=c2/s/c(=C\C(=O)C(C)(C)C)n(CC(=O)N3CCCCC3C)c2=O)cc1. The van der Waals surface area contributed by atoms with Gasteiger partial charge in [-0.2, -0.15) is 0 Å². The Bertz CT molecular complexity index is 1150. The van der Waals surface area contributed by atoms with Crippen molar-refractivity contribution < 1.29 is 9.59 Å². The van der Waals surface area contributed by atoms with Crippen LogP contribution in [0.1, 0.15) is 52.5 Å². The summed E-state index contributed by atoms with van der Waals surface area (Å²) in [6.45, 7) is 8.29. The highest BCUT2D eigenvalue weighted by molar-refractivity contribution is 7.98. The third-order valence-corrected chi connectivity index (χ3v) is 7.56. The van der Waals surface area contributed by atoms with Gasteiger partial charge in [0.2, 0.25) is 5.91 Å². The number of likely N-dealkylation sites (tertiary alicyclic amines) is 1. The van der Waals surface area contributed by atoms with Gasteiger partial charge < -0.3 is 4.90 Å². The van der Waals surface area contributed by atoms with Crippen molar-refractivity contribution in [2.45, 2.75) is 64.4 Å². The normalized spacial score (nSPS) is 18.3. The lowest BCUT2D eigenvalue weighted by atomic mass is 9.91. The first kappa shape index (κ1) is 24.5. The zero-order chi connectivity index (χ0) is 23.5. The molecule has 0 bridgehead atoms. The maximum absolute atomic E-state index is 13.3. The van der Waals surface area contributed by atoms with Crippen molar-refractivity contribution in [3.8, 4) is 0 Å². The predicted octanol–water partition coefficient (Wildman–Crippen LogP) is 3.26. The minimum absolute atomic E-state index is 0.0395. The zero-order valence-corrected chi connectivity index (χ0v) is 21.1. The maximum atomic E-state index is 13.3. The Morgan fingerprint density at radius 1 is 1.19 bits per heavy atom. The Kier molecular flexibility index (Phi) is 7.83. The minimum atomic E-state index is -0.562. The molecule has 1 unspecified atom stereocenters. The first-order chi connectivity index (χ1) is 15.1. The molecule has 5 nitrogen and oxygen atoms in total. The van der Waals surface area contributed by atoms with E-state index in [1.165, 1.54) is 22.0 Å². The molecule has 1 saturated heterocycles. The van der Waals surface area contributed by atoms with Gasteiger partial charge in [0.25, 0.3) is 5.56 Å². The number of thiazole rings is 1. The molecule has 1 atom stereocenters. The van der Waals surface area contributed by atoms with Crippen molar-refractivity contribution in [2.24, 2.45) is 5.41 Å². The smallest absolute Gasteiger partial charge is 0.269 e. The Morgan fingerprint density at radius 2 is 1.88 bits per heavy atom. The molecule has 172 valence electrons. The molecular formula is C25H32N2O3S2. The second-order valence-electron chi connectivity index (χ2n) is 9.30. The molecule has 2 aromatic rings. The number of benzene rings is 1. The molecule has 0 saturated carbocycles.